The molecule has 0 N–H and O–H groups in total. The Labute approximate surface area is 198 Å². The summed E-state index contributed by atoms with van der Waals surface area (Å²) in [6.45, 7) is 3.54. The van der Waals surface area contributed by atoms with E-state index in [9.17, 15) is 9.59 Å². The summed E-state index contributed by atoms with van der Waals surface area (Å²) in [5.74, 6) is 0.678. The number of benzene rings is 3. The molecule has 1 saturated heterocycles. The van der Waals surface area contributed by atoms with Gasteiger partial charge in [-0.3, -0.25) is 9.59 Å². The highest BCUT2D eigenvalue weighted by Gasteiger charge is 2.32. The van der Waals surface area contributed by atoms with E-state index >= 15 is 0 Å². The molecule has 1 unspecified atom stereocenters. The highest BCUT2D eigenvalue weighted by atomic mass is 16.5. The van der Waals surface area contributed by atoms with Crippen molar-refractivity contribution in [3.8, 4) is 5.75 Å². The molecule has 1 aliphatic rings. The fraction of sp³-hybridized carbons (Fsp3) is 0.250. The molecule has 34 heavy (non-hydrogen) atoms. The van der Waals surface area contributed by atoms with Crippen LogP contribution in [0.5, 0.6) is 5.75 Å². The molecule has 1 atom stereocenters. The van der Waals surface area contributed by atoms with Crippen LogP contribution >= 0.6 is 0 Å². The Bertz CT molecular complexity index is 1360. The van der Waals surface area contributed by atoms with Gasteiger partial charge in [0.1, 0.15) is 5.75 Å². The maximum atomic E-state index is 13.9. The second-order valence-electron chi connectivity index (χ2n) is 8.50. The predicted molar refractivity (Wildman–Crippen MR) is 132 cm³/mol. The van der Waals surface area contributed by atoms with Crippen LogP contribution in [0.2, 0.25) is 0 Å². The molecule has 2 heterocycles. The zero-order chi connectivity index (χ0) is 23.5. The van der Waals surface area contributed by atoms with Gasteiger partial charge in [0, 0.05) is 11.9 Å². The van der Waals surface area contributed by atoms with Gasteiger partial charge in [-0.15, -0.1) is 0 Å². The van der Waals surface area contributed by atoms with E-state index in [1.807, 2.05) is 84.6 Å². The second kappa shape index (κ2) is 9.51. The first kappa shape index (κ1) is 21.9. The first-order chi connectivity index (χ1) is 16.7. The van der Waals surface area contributed by atoms with E-state index in [0.717, 1.165) is 29.7 Å². The van der Waals surface area contributed by atoms with Crippen LogP contribution in [0, 0.1) is 0 Å². The lowest BCUT2D eigenvalue weighted by Crippen LogP contribution is -2.34. The first-order valence-electron chi connectivity index (χ1n) is 11.7. The van der Waals surface area contributed by atoms with Crippen molar-refractivity contribution in [1.82, 2.24) is 14.7 Å². The van der Waals surface area contributed by atoms with E-state index in [4.69, 9.17) is 4.74 Å². The van der Waals surface area contributed by atoms with Crippen LogP contribution in [0.25, 0.3) is 10.8 Å². The number of hydrogen-bond donors (Lipinski definition) is 0. The molecular formula is C28H27N3O3. The quantitative estimate of drug-likeness (QED) is 0.420. The summed E-state index contributed by atoms with van der Waals surface area (Å²) in [5, 5.41) is 5.70. The second-order valence-corrected chi connectivity index (χ2v) is 8.50. The minimum Gasteiger partial charge on any atom is -0.494 e. The lowest BCUT2D eigenvalue weighted by atomic mass is 10.0. The van der Waals surface area contributed by atoms with Crippen LogP contribution in [0.3, 0.4) is 0 Å². The number of nitrogens with zero attached hydrogens (tertiary/aromatic N) is 3. The summed E-state index contributed by atoms with van der Waals surface area (Å²) in [5.41, 5.74) is 2.17. The van der Waals surface area contributed by atoms with Gasteiger partial charge < -0.3 is 9.64 Å². The molecule has 5 rings (SSSR count). The average molecular weight is 454 g/mol. The summed E-state index contributed by atoms with van der Waals surface area (Å²) in [4.78, 5) is 28.9. The molecule has 6 nitrogen and oxygen atoms in total. The Balaban J connectivity index is 1.53. The summed E-state index contributed by atoms with van der Waals surface area (Å²) >= 11 is 0. The molecule has 6 heteroatoms. The minimum absolute atomic E-state index is 0.0294. The van der Waals surface area contributed by atoms with Crippen molar-refractivity contribution in [2.45, 2.75) is 32.4 Å². The number of ether oxygens (including phenoxy) is 1. The molecule has 1 aliphatic heterocycles. The summed E-state index contributed by atoms with van der Waals surface area (Å²) in [7, 11) is 0. The van der Waals surface area contributed by atoms with Crippen molar-refractivity contribution < 1.29 is 9.53 Å². The van der Waals surface area contributed by atoms with Gasteiger partial charge in [0.05, 0.1) is 24.6 Å². The zero-order valence-electron chi connectivity index (χ0n) is 19.2. The minimum atomic E-state index is -0.194. The molecule has 172 valence electrons. The summed E-state index contributed by atoms with van der Waals surface area (Å²) in [6, 6.07) is 24.9. The molecule has 0 saturated carbocycles. The van der Waals surface area contributed by atoms with Gasteiger partial charge >= 0.3 is 0 Å². The third-order valence-corrected chi connectivity index (χ3v) is 6.34. The highest BCUT2D eigenvalue weighted by molar-refractivity contribution is 6.05. The first-order valence-corrected chi connectivity index (χ1v) is 11.7. The number of carbonyl (C=O) groups excluding carboxylic acids is 1. The number of aromatic nitrogens is 2. The molecular weight excluding hydrogens is 426 g/mol. The molecule has 1 amide bonds. The van der Waals surface area contributed by atoms with Crippen molar-refractivity contribution in [2.24, 2.45) is 0 Å². The van der Waals surface area contributed by atoms with Crippen molar-refractivity contribution in [3.63, 3.8) is 0 Å². The van der Waals surface area contributed by atoms with E-state index in [1.54, 1.807) is 6.07 Å². The monoisotopic (exact) mass is 453 g/mol. The van der Waals surface area contributed by atoms with Crippen molar-refractivity contribution >= 4 is 16.7 Å². The van der Waals surface area contributed by atoms with Gasteiger partial charge in [0.2, 0.25) is 0 Å². The molecule has 0 aliphatic carbocycles. The van der Waals surface area contributed by atoms with Gasteiger partial charge in [0.25, 0.3) is 11.5 Å². The molecule has 0 bridgehead atoms. The van der Waals surface area contributed by atoms with Crippen LogP contribution in [0.4, 0.5) is 0 Å². The Morgan fingerprint density at radius 1 is 0.971 bits per heavy atom. The number of hydrogen-bond acceptors (Lipinski definition) is 4. The van der Waals surface area contributed by atoms with E-state index < -0.39 is 0 Å². The van der Waals surface area contributed by atoms with E-state index in [0.29, 0.717) is 36.2 Å². The highest BCUT2D eigenvalue weighted by Crippen LogP contribution is 2.34. The zero-order valence-corrected chi connectivity index (χ0v) is 19.2. The van der Waals surface area contributed by atoms with Gasteiger partial charge in [0.15, 0.2) is 5.69 Å². The summed E-state index contributed by atoms with van der Waals surface area (Å²) in [6.07, 6.45) is 1.81. The number of rotatable bonds is 6. The number of amides is 1. The average Bonchev–Trinajstić information content (AvgIpc) is 3.37. The smallest absolute Gasteiger partial charge is 0.275 e. The number of carbonyl (C=O) groups is 1. The standard InChI is InChI=1S/C28H27N3O3/c1-2-34-22-16-14-21(15-17-22)25-13-8-18-30(25)28(33)26-23-11-6-7-12-24(23)27(32)31(29-26)19-20-9-4-3-5-10-20/h3-7,9-12,14-17,25H,2,8,13,18-19H2,1H3. The van der Waals surface area contributed by atoms with Crippen LogP contribution in [-0.2, 0) is 6.54 Å². The fourth-order valence-corrected chi connectivity index (χ4v) is 4.70. The molecule has 1 aromatic heterocycles. The summed E-state index contributed by atoms with van der Waals surface area (Å²) < 4.78 is 6.98. The SMILES string of the molecule is CCOc1ccc(C2CCCN2C(=O)c2nn(Cc3ccccc3)c(=O)c3ccccc23)cc1. The topological polar surface area (TPSA) is 64.4 Å². The molecule has 0 radical (unpaired) electrons. The normalized spacial score (nSPS) is 15.6. The Kier molecular flexibility index (Phi) is 6.12. The van der Waals surface area contributed by atoms with Crippen LogP contribution in [0.1, 0.15) is 47.4 Å². The Morgan fingerprint density at radius 2 is 1.68 bits per heavy atom. The Morgan fingerprint density at radius 3 is 2.41 bits per heavy atom. The van der Waals surface area contributed by atoms with Crippen LogP contribution in [0.15, 0.2) is 83.7 Å². The lowest BCUT2D eigenvalue weighted by molar-refractivity contribution is 0.0729. The molecule has 1 fully saturated rings. The van der Waals surface area contributed by atoms with Crippen molar-refractivity contribution in [2.75, 3.05) is 13.2 Å². The van der Waals surface area contributed by atoms with Crippen molar-refractivity contribution in [3.05, 3.63) is 106 Å². The fourth-order valence-electron chi connectivity index (χ4n) is 4.70. The third kappa shape index (κ3) is 4.19. The molecule has 0 spiro atoms. The van der Waals surface area contributed by atoms with Gasteiger partial charge in [-0.1, -0.05) is 60.7 Å². The number of fused-ring (bicyclic) bond motifs is 1. The molecule has 3 aromatic carbocycles. The molecule has 4 aromatic rings. The van der Waals surface area contributed by atoms with Crippen LogP contribution < -0.4 is 10.3 Å². The van der Waals surface area contributed by atoms with Crippen molar-refractivity contribution in [1.29, 1.82) is 0 Å². The van der Waals surface area contributed by atoms with E-state index in [-0.39, 0.29) is 17.5 Å². The predicted octanol–water partition coefficient (Wildman–Crippen LogP) is 4.82. The number of likely N-dealkylation sites (tertiary alicyclic amines) is 1. The van der Waals surface area contributed by atoms with Crippen LogP contribution in [-0.4, -0.2) is 33.7 Å². The van der Waals surface area contributed by atoms with Gasteiger partial charge in [-0.05, 0) is 49.1 Å². The lowest BCUT2D eigenvalue weighted by Gasteiger charge is -2.25. The Hall–Kier alpha value is -3.93. The van der Waals surface area contributed by atoms with Gasteiger partial charge in [-0.25, -0.2) is 4.68 Å². The van der Waals surface area contributed by atoms with E-state index in [1.165, 1.54) is 4.68 Å². The third-order valence-electron chi connectivity index (χ3n) is 6.34. The maximum Gasteiger partial charge on any atom is 0.275 e. The largest absolute Gasteiger partial charge is 0.494 e. The van der Waals surface area contributed by atoms with E-state index in [2.05, 4.69) is 5.10 Å². The maximum absolute atomic E-state index is 13.9. The van der Waals surface area contributed by atoms with Gasteiger partial charge in [-0.2, -0.15) is 5.10 Å².